The van der Waals surface area contributed by atoms with Crippen molar-refractivity contribution in [3.8, 4) is 17.0 Å². The van der Waals surface area contributed by atoms with Gasteiger partial charge in [0.15, 0.2) is 0 Å². The molecule has 1 amide bonds. The minimum absolute atomic E-state index is 0.165. The fourth-order valence-corrected chi connectivity index (χ4v) is 3.74. The summed E-state index contributed by atoms with van der Waals surface area (Å²) in [5.41, 5.74) is 5.57. The van der Waals surface area contributed by atoms with Crippen LogP contribution in [0.2, 0.25) is 0 Å². The normalized spacial score (nSPS) is 16.2. The Morgan fingerprint density at radius 3 is 2.80 bits per heavy atom. The number of ether oxygens (including phenoxy) is 2. The molecule has 0 bridgehead atoms. The molecule has 3 aromatic rings. The molecule has 8 nitrogen and oxygen atoms in total. The number of benzene rings is 1. The van der Waals surface area contributed by atoms with Crippen molar-refractivity contribution in [3.63, 3.8) is 0 Å². The number of alkyl halides is 3. The average Bonchev–Trinajstić information content (AvgIpc) is 2.85. The number of aromatic nitrogens is 3. The van der Waals surface area contributed by atoms with Crippen molar-refractivity contribution in [2.24, 2.45) is 5.92 Å². The van der Waals surface area contributed by atoms with E-state index >= 15 is 0 Å². The Balaban J connectivity index is 1.53. The fourth-order valence-electron chi connectivity index (χ4n) is 3.74. The van der Waals surface area contributed by atoms with Gasteiger partial charge in [0.05, 0.1) is 36.4 Å². The standard InChI is InChI=1S/C24H23F3N4O4/c1-15-9-29-11-20(30-15)18-5-2-6-21-19(18)8-17(12-34-21)22(13-33-14-24(25,26)27)35-31-23(32)16-4-3-7-28-10-16/h2-7,9-11,17,22H,8,12-14H2,1H3,(H,31,32)/t17-,22?/m0/s1. The monoisotopic (exact) mass is 488 g/mol. The lowest BCUT2D eigenvalue weighted by molar-refractivity contribution is -0.187. The van der Waals surface area contributed by atoms with E-state index in [2.05, 4.69) is 20.4 Å². The van der Waals surface area contributed by atoms with Crippen LogP contribution in [0.1, 0.15) is 21.6 Å². The van der Waals surface area contributed by atoms with Gasteiger partial charge in [-0.15, -0.1) is 0 Å². The first kappa shape index (κ1) is 24.6. The molecule has 0 fully saturated rings. The van der Waals surface area contributed by atoms with Crippen LogP contribution in [0.4, 0.5) is 13.2 Å². The molecule has 0 saturated heterocycles. The second kappa shape index (κ2) is 10.8. The van der Waals surface area contributed by atoms with E-state index in [0.29, 0.717) is 17.9 Å². The van der Waals surface area contributed by atoms with Crippen LogP contribution < -0.4 is 10.2 Å². The maximum atomic E-state index is 12.7. The topological polar surface area (TPSA) is 95.5 Å². The number of aryl methyl sites for hydroxylation is 1. The van der Waals surface area contributed by atoms with Gasteiger partial charge < -0.3 is 9.47 Å². The Labute approximate surface area is 199 Å². The summed E-state index contributed by atoms with van der Waals surface area (Å²) in [5.74, 6) is -0.341. The van der Waals surface area contributed by atoms with E-state index in [-0.39, 0.29) is 12.2 Å². The summed E-state index contributed by atoms with van der Waals surface area (Å²) in [5, 5.41) is 0. The number of carbonyl (C=O) groups excluding carboxylic acids is 1. The molecule has 1 aliphatic heterocycles. The predicted octanol–water partition coefficient (Wildman–Crippen LogP) is 3.71. The number of amides is 1. The van der Waals surface area contributed by atoms with Crippen LogP contribution in [-0.4, -0.2) is 53.0 Å². The summed E-state index contributed by atoms with van der Waals surface area (Å²) >= 11 is 0. The summed E-state index contributed by atoms with van der Waals surface area (Å²) in [6.07, 6.45) is 1.15. The molecule has 1 N–H and O–H groups in total. The van der Waals surface area contributed by atoms with Crippen LogP contribution in [0.15, 0.2) is 55.1 Å². The summed E-state index contributed by atoms with van der Waals surface area (Å²) in [7, 11) is 0. The zero-order valence-corrected chi connectivity index (χ0v) is 18.8. The van der Waals surface area contributed by atoms with Crippen molar-refractivity contribution < 1.29 is 32.3 Å². The SMILES string of the molecule is Cc1cncc(-c2cccc3c2C[C@H](C(COCC(F)(F)F)ONC(=O)c2cccnc2)CO3)n1. The maximum Gasteiger partial charge on any atom is 0.411 e. The number of carbonyl (C=O) groups is 1. The molecule has 3 heterocycles. The molecule has 1 aromatic carbocycles. The summed E-state index contributed by atoms with van der Waals surface area (Å²) in [6.45, 7) is 0.164. The number of nitrogens with one attached hydrogen (secondary N) is 1. The van der Waals surface area contributed by atoms with Crippen LogP contribution in [0.3, 0.4) is 0 Å². The Bertz CT molecular complexity index is 1160. The number of rotatable bonds is 8. The van der Waals surface area contributed by atoms with Gasteiger partial charge in [0, 0.05) is 35.6 Å². The van der Waals surface area contributed by atoms with E-state index in [1.165, 1.54) is 18.5 Å². The molecule has 35 heavy (non-hydrogen) atoms. The Kier molecular flexibility index (Phi) is 7.57. The Hall–Kier alpha value is -3.57. The minimum Gasteiger partial charge on any atom is -0.493 e. The van der Waals surface area contributed by atoms with Gasteiger partial charge >= 0.3 is 6.18 Å². The quantitative estimate of drug-likeness (QED) is 0.483. The van der Waals surface area contributed by atoms with Gasteiger partial charge in [0.1, 0.15) is 18.5 Å². The lowest BCUT2D eigenvalue weighted by Crippen LogP contribution is -2.42. The largest absolute Gasteiger partial charge is 0.493 e. The molecule has 1 aliphatic rings. The van der Waals surface area contributed by atoms with Gasteiger partial charge in [0.2, 0.25) is 0 Å². The number of hydroxylamine groups is 1. The van der Waals surface area contributed by atoms with E-state index < -0.39 is 37.3 Å². The lowest BCUT2D eigenvalue weighted by atomic mass is 9.88. The highest BCUT2D eigenvalue weighted by Crippen LogP contribution is 2.36. The molecular weight excluding hydrogens is 465 g/mol. The van der Waals surface area contributed by atoms with Gasteiger partial charge in [0.25, 0.3) is 5.91 Å². The van der Waals surface area contributed by atoms with Crippen LogP contribution in [0.25, 0.3) is 11.3 Å². The fraction of sp³-hybridized carbons (Fsp3) is 0.333. The molecule has 0 spiro atoms. The van der Waals surface area contributed by atoms with E-state index in [4.69, 9.17) is 14.3 Å². The second-order valence-corrected chi connectivity index (χ2v) is 8.06. The molecule has 11 heteroatoms. The van der Waals surface area contributed by atoms with Crippen LogP contribution in [0.5, 0.6) is 5.75 Å². The first-order valence-corrected chi connectivity index (χ1v) is 10.8. The molecule has 4 rings (SSSR count). The molecule has 0 aliphatic carbocycles. The van der Waals surface area contributed by atoms with Crippen LogP contribution in [-0.2, 0) is 16.0 Å². The number of fused-ring (bicyclic) bond motifs is 1. The summed E-state index contributed by atoms with van der Waals surface area (Å²) in [4.78, 5) is 30.6. The molecule has 2 aromatic heterocycles. The van der Waals surface area contributed by atoms with Crippen molar-refractivity contribution in [1.29, 1.82) is 0 Å². The zero-order valence-electron chi connectivity index (χ0n) is 18.8. The van der Waals surface area contributed by atoms with E-state index in [1.807, 2.05) is 25.1 Å². The minimum atomic E-state index is -4.49. The first-order chi connectivity index (χ1) is 16.8. The Morgan fingerprint density at radius 2 is 2.06 bits per heavy atom. The molecule has 0 saturated carbocycles. The first-order valence-electron chi connectivity index (χ1n) is 10.8. The van der Waals surface area contributed by atoms with Crippen LogP contribution >= 0.6 is 0 Å². The molecule has 0 radical (unpaired) electrons. The number of halogens is 3. The second-order valence-electron chi connectivity index (χ2n) is 8.06. The third kappa shape index (κ3) is 6.52. The predicted molar refractivity (Wildman–Crippen MR) is 118 cm³/mol. The van der Waals surface area contributed by atoms with Crippen molar-refractivity contribution >= 4 is 5.91 Å². The van der Waals surface area contributed by atoms with Crippen LogP contribution in [0, 0.1) is 12.8 Å². The van der Waals surface area contributed by atoms with Gasteiger partial charge in [-0.3, -0.25) is 19.6 Å². The maximum absolute atomic E-state index is 12.7. The van der Waals surface area contributed by atoms with Gasteiger partial charge in [-0.1, -0.05) is 12.1 Å². The van der Waals surface area contributed by atoms with Crippen molar-refractivity contribution in [1.82, 2.24) is 20.4 Å². The zero-order chi connectivity index (χ0) is 24.8. The number of pyridine rings is 1. The van der Waals surface area contributed by atoms with Crippen molar-refractivity contribution in [3.05, 3.63) is 71.9 Å². The third-order valence-electron chi connectivity index (χ3n) is 5.38. The third-order valence-corrected chi connectivity index (χ3v) is 5.38. The highest BCUT2D eigenvalue weighted by atomic mass is 19.4. The van der Waals surface area contributed by atoms with E-state index in [0.717, 1.165) is 16.8 Å². The summed E-state index contributed by atoms with van der Waals surface area (Å²) < 4.78 is 48.8. The highest BCUT2D eigenvalue weighted by Gasteiger charge is 2.33. The summed E-state index contributed by atoms with van der Waals surface area (Å²) in [6, 6.07) is 8.66. The Morgan fingerprint density at radius 1 is 1.20 bits per heavy atom. The van der Waals surface area contributed by atoms with Crippen molar-refractivity contribution in [2.75, 3.05) is 19.8 Å². The molecule has 2 atom stereocenters. The number of hydrogen-bond donors (Lipinski definition) is 1. The lowest BCUT2D eigenvalue weighted by Gasteiger charge is -2.32. The average molecular weight is 488 g/mol. The number of hydrogen-bond acceptors (Lipinski definition) is 7. The van der Waals surface area contributed by atoms with Gasteiger partial charge in [-0.2, -0.15) is 13.2 Å². The number of nitrogens with zero attached hydrogens (tertiary/aromatic N) is 3. The van der Waals surface area contributed by atoms with E-state index in [9.17, 15) is 18.0 Å². The van der Waals surface area contributed by atoms with Gasteiger partial charge in [-0.05, 0) is 31.5 Å². The molecular formula is C24H23F3N4O4. The van der Waals surface area contributed by atoms with Crippen molar-refractivity contribution in [2.45, 2.75) is 25.6 Å². The smallest absolute Gasteiger partial charge is 0.411 e. The van der Waals surface area contributed by atoms with Gasteiger partial charge in [-0.25, -0.2) is 10.5 Å². The molecule has 184 valence electrons. The molecule has 1 unspecified atom stereocenters. The van der Waals surface area contributed by atoms with E-state index in [1.54, 1.807) is 18.5 Å². The highest BCUT2D eigenvalue weighted by molar-refractivity contribution is 5.93.